The van der Waals surface area contributed by atoms with Crippen molar-refractivity contribution in [2.75, 3.05) is 12.3 Å². The number of rotatable bonds is 2. The highest BCUT2D eigenvalue weighted by Crippen LogP contribution is 2.38. The molecule has 21 heavy (non-hydrogen) atoms. The van der Waals surface area contributed by atoms with E-state index >= 15 is 0 Å². The number of aliphatic hydroxyl groups excluding tert-OH is 2. The molecule has 1 aliphatic carbocycles. The molecule has 0 saturated heterocycles. The van der Waals surface area contributed by atoms with Gasteiger partial charge >= 0.3 is 5.69 Å². The second-order valence-corrected chi connectivity index (χ2v) is 5.13. The SMILES string of the molecule is C=C1[C@H](CO)[C@@H](O)C[C@@H]1n1c(=O)[nH]c2c(=O)[nH]c(N)nc21. The van der Waals surface area contributed by atoms with Gasteiger partial charge in [0, 0.05) is 5.92 Å². The minimum Gasteiger partial charge on any atom is -0.396 e. The summed E-state index contributed by atoms with van der Waals surface area (Å²) in [6.07, 6.45) is -0.589. The van der Waals surface area contributed by atoms with Crippen LogP contribution in [0.2, 0.25) is 0 Å². The zero-order chi connectivity index (χ0) is 15.3. The van der Waals surface area contributed by atoms with Gasteiger partial charge in [0.15, 0.2) is 11.2 Å². The van der Waals surface area contributed by atoms with Crippen molar-refractivity contribution < 1.29 is 10.2 Å². The van der Waals surface area contributed by atoms with Crippen LogP contribution < -0.4 is 17.0 Å². The van der Waals surface area contributed by atoms with Crippen LogP contribution in [0.15, 0.2) is 21.7 Å². The largest absolute Gasteiger partial charge is 0.396 e. The molecule has 0 unspecified atom stereocenters. The maximum Gasteiger partial charge on any atom is 0.328 e. The van der Waals surface area contributed by atoms with E-state index in [2.05, 4.69) is 21.5 Å². The van der Waals surface area contributed by atoms with E-state index in [1.54, 1.807) is 0 Å². The quantitative estimate of drug-likeness (QED) is 0.424. The third kappa shape index (κ3) is 1.89. The number of aromatic nitrogens is 4. The first-order valence-corrected chi connectivity index (χ1v) is 6.41. The average Bonchev–Trinajstić information content (AvgIpc) is 2.87. The summed E-state index contributed by atoms with van der Waals surface area (Å²) in [6.45, 7) is 3.59. The zero-order valence-corrected chi connectivity index (χ0v) is 11.0. The van der Waals surface area contributed by atoms with Crippen LogP contribution in [0.25, 0.3) is 11.2 Å². The van der Waals surface area contributed by atoms with Crippen molar-refractivity contribution >= 4 is 17.1 Å². The van der Waals surface area contributed by atoms with Crippen molar-refractivity contribution in [2.24, 2.45) is 5.92 Å². The number of aromatic amines is 2. The van der Waals surface area contributed by atoms with Crippen LogP contribution in [0.1, 0.15) is 12.5 Å². The van der Waals surface area contributed by atoms with Gasteiger partial charge in [-0.2, -0.15) is 4.98 Å². The van der Waals surface area contributed by atoms with E-state index in [1.165, 1.54) is 4.57 Å². The molecule has 6 N–H and O–H groups in total. The van der Waals surface area contributed by atoms with E-state index in [0.29, 0.717) is 5.57 Å². The van der Waals surface area contributed by atoms with E-state index in [4.69, 9.17) is 5.73 Å². The Morgan fingerprint density at radius 3 is 2.76 bits per heavy atom. The summed E-state index contributed by atoms with van der Waals surface area (Å²) >= 11 is 0. The summed E-state index contributed by atoms with van der Waals surface area (Å²) in [5, 5.41) is 19.2. The molecule has 9 heteroatoms. The van der Waals surface area contributed by atoms with Gasteiger partial charge in [0.25, 0.3) is 5.56 Å². The number of nitrogens with two attached hydrogens (primary N) is 1. The summed E-state index contributed by atoms with van der Waals surface area (Å²) < 4.78 is 1.25. The number of H-pyrrole nitrogens is 2. The van der Waals surface area contributed by atoms with Gasteiger partial charge in [-0.3, -0.25) is 19.3 Å². The molecule has 2 heterocycles. The Hall–Kier alpha value is -2.39. The molecule has 2 aromatic rings. The lowest BCUT2D eigenvalue weighted by molar-refractivity contribution is 0.101. The molecule has 2 aromatic heterocycles. The number of hydrogen-bond acceptors (Lipinski definition) is 6. The maximum atomic E-state index is 12.1. The van der Waals surface area contributed by atoms with Crippen LogP contribution in [-0.4, -0.2) is 42.4 Å². The van der Waals surface area contributed by atoms with Gasteiger partial charge in [-0.05, 0) is 12.0 Å². The Labute approximate surface area is 117 Å². The Balaban J connectivity index is 2.22. The second-order valence-electron chi connectivity index (χ2n) is 5.13. The van der Waals surface area contributed by atoms with Gasteiger partial charge in [-0.25, -0.2) is 4.79 Å². The van der Waals surface area contributed by atoms with Crippen molar-refractivity contribution in [1.29, 1.82) is 0 Å². The predicted octanol–water partition coefficient (Wildman–Crippen LogP) is -1.53. The predicted molar refractivity (Wildman–Crippen MR) is 74.8 cm³/mol. The molecule has 0 radical (unpaired) electrons. The van der Waals surface area contributed by atoms with Crippen molar-refractivity contribution in [3.63, 3.8) is 0 Å². The van der Waals surface area contributed by atoms with E-state index in [9.17, 15) is 19.8 Å². The minimum absolute atomic E-state index is 0.0175. The fourth-order valence-electron chi connectivity index (χ4n) is 2.87. The second kappa shape index (κ2) is 4.57. The molecule has 0 bridgehead atoms. The number of anilines is 1. The molecular weight excluding hydrogens is 278 g/mol. The Bertz CT molecular complexity index is 832. The highest BCUT2D eigenvalue weighted by atomic mass is 16.3. The van der Waals surface area contributed by atoms with Crippen molar-refractivity contribution in [2.45, 2.75) is 18.6 Å². The van der Waals surface area contributed by atoms with Crippen LogP contribution in [0.4, 0.5) is 5.95 Å². The molecule has 0 aromatic carbocycles. The number of aliphatic hydroxyl groups is 2. The molecule has 0 spiro atoms. The van der Waals surface area contributed by atoms with Gasteiger partial charge in [0.2, 0.25) is 5.95 Å². The molecule has 9 nitrogen and oxygen atoms in total. The molecule has 0 aliphatic heterocycles. The highest BCUT2D eigenvalue weighted by molar-refractivity contribution is 5.70. The Morgan fingerprint density at radius 1 is 1.43 bits per heavy atom. The molecule has 112 valence electrons. The number of nitrogens with zero attached hydrogens (tertiary/aromatic N) is 2. The van der Waals surface area contributed by atoms with Crippen LogP contribution >= 0.6 is 0 Å². The summed E-state index contributed by atoms with van der Waals surface area (Å²) in [5.41, 5.74) is 5.08. The first kappa shape index (κ1) is 13.6. The van der Waals surface area contributed by atoms with Gasteiger partial charge in [-0.15, -0.1) is 0 Å². The van der Waals surface area contributed by atoms with Crippen LogP contribution in [-0.2, 0) is 0 Å². The minimum atomic E-state index is -0.802. The fraction of sp³-hybridized carbons (Fsp3) is 0.417. The van der Waals surface area contributed by atoms with E-state index < -0.39 is 29.3 Å². The van der Waals surface area contributed by atoms with Gasteiger partial charge in [0.05, 0.1) is 18.8 Å². The third-order valence-electron chi connectivity index (χ3n) is 3.94. The van der Waals surface area contributed by atoms with Crippen LogP contribution in [0.5, 0.6) is 0 Å². The normalized spacial score (nSPS) is 25.8. The lowest BCUT2D eigenvalue weighted by atomic mass is 10.0. The monoisotopic (exact) mass is 293 g/mol. The summed E-state index contributed by atoms with van der Waals surface area (Å²) in [4.78, 5) is 32.6. The molecule has 1 saturated carbocycles. The number of imidazole rings is 1. The average molecular weight is 293 g/mol. The van der Waals surface area contributed by atoms with Gasteiger partial charge in [0.1, 0.15) is 0 Å². The standard InChI is InChI=1S/C12H15N5O4/c1-4-5(3-18)7(19)2-6(4)17-9-8(14-12(17)21)10(20)16-11(13)15-9/h5-7,18-19H,1-3H2,(H,14,21)(H3,13,15,16,20)/t5-,6-,7-/m0/s1. The zero-order valence-electron chi connectivity index (χ0n) is 11.0. The Kier molecular flexibility index (Phi) is 2.96. The van der Waals surface area contributed by atoms with Crippen LogP contribution in [0.3, 0.4) is 0 Å². The summed E-state index contributed by atoms with van der Waals surface area (Å²) in [5.74, 6) is -0.616. The topological polar surface area (TPSA) is 150 Å². The molecular formula is C12H15N5O4. The van der Waals surface area contributed by atoms with Crippen LogP contribution in [0, 0.1) is 5.92 Å². The smallest absolute Gasteiger partial charge is 0.328 e. The third-order valence-corrected chi connectivity index (χ3v) is 3.94. The molecule has 1 aliphatic rings. The molecule has 3 atom stereocenters. The van der Waals surface area contributed by atoms with E-state index in [-0.39, 0.29) is 30.1 Å². The number of nitrogens with one attached hydrogen (secondary N) is 2. The van der Waals surface area contributed by atoms with Crippen molar-refractivity contribution in [3.8, 4) is 0 Å². The summed E-state index contributed by atoms with van der Waals surface area (Å²) in [6, 6.07) is -0.549. The van der Waals surface area contributed by atoms with Crippen molar-refractivity contribution in [1.82, 2.24) is 19.5 Å². The van der Waals surface area contributed by atoms with E-state index in [1.807, 2.05) is 0 Å². The first-order valence-electron chi connectivity index (χ1n) is 6.41. The number of hydrogen-bond donors (Lipinski definition) is 5. The number of fused-ring (bicyclic) bond motifs is 1. The van der Waals surface area contributed by atoms with Gasteiger partial charge < -0.3 is 15.9 Å². The summed E-state index contributed by atoms with van der Waals surface area (Å²) in [7, 11) is 0. The lowest BCUT2D eigenvalue weighted by Crippen LogP contribution is -2.22. The fourth-order valence-corrected chi connectivity index (χ4v) is 2.87. The molecule has 0 amide bonds. The Morgan fingerprint density at radius 2 is 2.14 bits per heavy atom. The number of nitrogen functional groups attached to an aromatic ring is 1. The van der Waals surface area contributed by atoms with Gasteiger partial charge in [-0.1, -0.05) is 6.58 Å². The first-order chi connectivity index (χ1) is 9.93. The lowest BCUT2D eigenvalue weighted by Gasteiger charge is -2.14. The molecule has 3 rings (SSSR count). The van der Waals surface area contributed by atoms with Crippen molar-refractivity contribution in [3.05, 3.63) is 33.0 Å². The molecule has 1 fully saturated rings. The highest BCUT2D eigenvalue weighted by Gasteiger charge is 2.38. The maximum absolute atomic E-state index is 12.1. The van der Waals surface area contributed by atoms with E-state index in [0.717, 1.165) is 0 Å².